The molecule has 114 valence electrons. The second-order valence-corrected chi connectivity index (χ2v) is 5.13. The van der Waals surface area contributed by atoms with Gasteiger partial charge in [0, 0.05) is 25.3 Å². The number of likely N-dealkylation sites (tertiary alicyclic amines) is 1. The number of hydrogen-bond donors (Lipinski definition) is 1. The topological polar surface area (TPSA) is 60.9 Å². The number of carbonyl (C=O) groups is 2. The van der Waals surface area contributed by atoms with Crippen molar-refractivity contribution in [1.29, 1.82) is 0 Å². The third-order valence-electron chi connectivity index (χ3n) is 3.55. The van der Waals surface area contributed by atoms with Crippen LogP contribution < -0.4 is 4.90 Å². The summed E-state index contributed by atoms with van der Waals surface area (Å²) >= 11 is 0. The lowest BCUT2D eigenvalue weighted by molar-refractivity contribution is -0.137. The SMILES string of the molecule is O=C(O)CCN(CC(=O)N1CCCC1)c1cccc(F)c1. The average Bonchev–Trinajstić information content (AvgIpc) is 2.97. The Bertz CT molecular complexity index is 515. The van der Waals surface area contributed by atoms with Crippen LogP contribution in [0.15, 0.2) is 24.3 Å². The van der Waals surface area contributed by atoms with Crippen LogP contribution in [0.5, 0.6) is 0 Å². The van der Waals surface area contributed by atoms with E-state index in [0.717, 1.165) is 25.9 Å². The van der Waals surface area contributed by atoms with E-state index in [1.807, 2.05) is 0 Å². The van der Waals surface area contributed by atoms with Gasteiger partial charge in [0.1, 0.15) is 5.82 Å². The number of carboxylic acid groups (broad SMARTS) is 1. The zero-order valence-corrected chi connectivity index (χ0v) is 11.8. The molecule has 0 aromatic heterocycles. The van der Waals surface area contributed by atoms with Crippen molar-refractivity contribution in [3.05, 3.63) is 30.1 Å². The third kappa shape index (κ3) is 4.44. The predicted molar refractivity (Wildman–Crippen MR) is 76.7 cm³/mol. The largest absolute Gasteiger partial charge is 0.481 e. The number of benzene rings is 1. The van der Waals surface area contributed by atoms with Gasteiger partial charge in [-0.3, -0.25) is 9.59 Å². The molecule has 1 N–H and O–H groups in total. The lowest BCUT2D eigenvalue weighted by Gasteiger charge is -2.26. The van der Waals surface area contributed by atoms with Crippen LogP contribution >= 0.6 is 0 Å². The lowest BCUT2D eigenvalue weighted by Crippen LogP contribution is -2.40. The lowest BCUT2D eigenvalue weighted by atomic mass is 10.2. The van der Waals surface area contributed by atoms with E-state index in [4.69, 9.17) is 5.11 Å². The van der Waals surface area contributed by atoms with Gasteiger partial charge in [-0.25, -0.2) is 4.39 Å². The maximum Gasteiger partial charge on any atom is 0.305 e. The first kappa shape index (κ1) is 15.3. The molecule has 0 aliphatic carbocycles. The van der Waals surface area contributed by atoms with Crippen molar-refractivity contribution in [3.8, 4) is 0 Å². The maximum absolute atomic E-state index is 13.3. The van der Waals surface area contributed by atoms with Crippen LogP contribution in [0.1, 0.15) is 19.3 Å². The Morgan fingerprint density at radius 1 is 1.29 bits per heavy atom. The second kappa shape index (κ2) is 7.06. The van der Waals surface area contributed by atoms with Gasteiger partial charge in [0.15, 0.2) is 0 Å². The van der Waals surface area contributed by atoms with Crippen LogP contribution in [0.25, 0.3) is 0 Å². The molecule has 0 atom stereocenters. The Kier molecular flexibility index (Phi) is 5.14. The zero-order valence-electron chi connectivity index (χ0n) is 11.8. The second-order valence-electron chi connectivity index (χ2n) is 5.13. The van der Waals surface area contributed by atoms with Gasteiger partial charge in [-0.1, -0.05) is 6.07 Å². The Balaban J connectivity index is 2.07. The van der Waals surface area contributed by atoms with E-state index in [1.54, 1.807) is 21.9 Å². The minimum atomic E-state index is -0.940. The molecule has 0 radical (unpaired) electrons. The molecule has 0 spiro atoms. The van der Waals surface area contributed by atoms with Gasteiger partial charge >= 0.3 is 5.97 Å². The fraction of sp³-hybridized carbons (Fsp3) is 0.467. The standard InChI is InChI=1S/C15H19FN2O3/c16-12-4-3-5-13(10-12)18(9-6-15(20)21)11-14(19)17-7-1-2-8-17/h3-5,10H,1-2,6-9,11H2,(H,20,21). The summed E-state index contributed by atoms with van der Waals surface area (Å²) in [7, 11) is 0. The molecule has 6 heteroatoms. The van der Waals surface area contributed by atoms with Gasteiger partial charge in [-0.2, -0.15) is 0 Å². The molecular weight excluding hydrogens is 275 g/mol. The van der Waals surface area contributed by atoms with Crippen LogP contribution in [0.4, 0.5) is 10.1 Å². The highest BCUT2D eigenvalue weighted by molar-refractivity contribution is 5.82. The molecule has 1 aromatic carbocycles. The Morgan fingerprint density at radius 2 is 2.00 bits per heavy atom. The smallest absolute Gasteiger partial charge is 0.305 e. The summed E-state index contributed by atoms with van der Waals surface area (Å²) in [4.78, 5) is 26.3. The maximum atomic E-state index is 13.3. The summed E-state index contributed by atoms with van der Waals surface area (Å²) < 4.78 is 13.3. The normalized spacial score (nSPS) is 14.2. The highest BCUT2D eigenvalue weighted by Crippen LogP contribution is 2.17. The molecule has 1 aliphatic rings. The Morgan fingerprint density at radius 3 is 2.62 bits per heavy atom. The number of carboxylic acids is 1. The van der Waals surface area contributed by atoms with E-state index in [9.17, 15) is 14.0 Å². The van der Waals surface area contributed by atoms with Crippen molar-refractivity contribution >= 4 is 17.6 Å². The molecule has 1 aliphatic heterocycles. The summed E-state index contributed by atoms with van der Waals surface area (Å²) in [6, 6.07) is 5.88. The van der Waals surface area contributed by atoms with Gasteiger partial charge in [-0.15, -0.1) is 0 Å². The molecule has 0 unspecified atom stereocenters. The third-order valence-corrected chi connectivity index (χ3v) is 3.55. The first-order valence-electron chi connectivity index (χ1n) is 7.06. The van der Waals surface area contributed by atoms with Crippen LogP contribution in [-0.4, -0.2) is 48.1 Å². The summed E-state index contributed by atoms with van der Waals surface area (Å²) in [5.41, 5.74) is 0.531. The number of rotatable bonds is 6. The number of anilines is 1. The van der Waals surface area contributed by atoms with Crippen LogP contribution in [0.3, 0.4) is 0 Å². The first-order valence-corrected chi connectivity index (χ1v) is 7.06. The van der Waals surface area contributed by atoms with Gasteiger partial charge in [0.25, 0.3) is 0 Å². The molecule has 1 amide bonds. The zero-order chi connectivity index (χ0) is 15.2. The monoisotopic (exact) mass is 294 g/mol. The molecule has 1 fully saturated rings. The highest BCUT2D eigenvalue weighted by atomic mass is 19.1. The molecule has 5 nitrogen and oxygen atoms in total. The van der Waals surface area contributed by atoms with E-state index in [1.165, 1.54) is 12.1 Å². The van der Waals surface area contributed by atoms with Crippen LogP contribution in [-0.2, 0) is 9.59 Å². The van der Waals surface area contributed by atoms with Crippen molar-refractivity contribution in [2.24, 2.45) is 0 Å². The van der Waals surface area contributed by atoms with Crippen molar-refractivity contribution in [3.63, 3.8) is 0 Å². The van der Waals surface area contributed by atoms with E-state index < -0.39 is 11.8 Å². The molecule has 2 rings (SSSR count). The van der Waals surface area contributed by atoms with Gasteiger partial charge in [0.05, 0.1) is 13.0 Å². The van der Waals surface area contributed by atoms with Crippen molar-refractivity contribution in [2.75, 3.05) is 31.1 Å². The van der Waals surface area contributed by atoms with Gasteiger partial charge in [0.2, 0.25) is 5.91 Å². The summed E-state index contributed by atoms with van der Waals surface area (Å²) in [5.74, 6) is -1.38. The minimum Gasteiger partial charge on any atom is -0.481 e. The molecule has 1 saturated heterocycles. The summed E-state index contributed by atoms with van der Waals surface area (Å²) in [6.45, 7) is 1.75. The van der Waals surface area contributed by atoms with E-state index >= 15 is 0 Å². The molecule has 0 bridgehead atoms. The molecule has 21 heavy (non-hydrogen) atoms. The Labute approximate surface area is 123 Å². The molecule has 1 heterocycles. The number of amides is 1. The predicted octanol–water partition coefficient (Wildman–Crippen LogP) is 1.73. The van der Waals surface area contributed by atoms with E-state index in [-0.39, 0.29) is 25.4 Å². The van der Waals surface area contributed by atoms with Crippen LogP contribution in [0, 0.1) is 5.82 Å². The van der Waals surface area contributed by atoms with Gasteiger partial charge < -0.3 is 14.9 Å². The quantitative estimate of drug-likeness (QED) is 0.868. The minimum absolute atomic E-state index is 0.0397. The van der Waals surface area contributed by atoms with E-state index in [2.05, 4.69) is 0 Å². The average molecular weight is 294 g/mol. The molecule has 0 saturated carbocycles. The highest BCUT2D eigenvalue weighted by Gasteiger charge is 2.21. The number of hydrogen-bond acceptors (Lipinski definition) is 3. The number of halogens is 1. The number of aliphatic carboxylic acids is 1. The van der Waals surface area contributed by atoms with Crippen LogP contribution in [0.2, 0.25) is 0 Å². The Hall–Kier alpha value is -2.11. The van der Waals surface area contributed by atoms with E-state index in [0.29, 0.717) is 5.69 Å². The number of nitrogens with zero attached hydrogens (tertiary/aromatic N) is 2. The fourth-order valence-electron chi connectivity index (χ4n) is 2.43. The van der Waals surface area contributed by atoms with Crippen molar-refractivity contribution in [1.82, 2.24) is 4.90 Å². The summed E-state index contributed by atoms with van der Waals surface area (Å²) in [6.07, 6.45) is 1.91. The van der Waals surface area contributed by atoms with Crippen molar-refractivity contribution in [2.45, 2.75) is 19.3 Å². The van der Waals surface area contributed by atoms with Gasteiger partial charge in [-0.05, 0) is 31.0 Å². The molecule has 1 aromatic rings. The first-order chi connectivity index (χ1) is 10.1. The number of carbonyl (C=O) groups excluding carboxylic acids is 1. The molecular formula is C15H19FN2O3. The fourth-order valence-corrected chi connectivity index (χ4v) is 2.43. The van der Waals surface area contributed by atoms with Crippen molar-refractivity contribution < 1.29 is 19.1 Å². The summed E-state index contributed by atoms with van der Waals surface area (Å²) in [5, 5.41) is 8.81.